The molecule has 0 amide bonds. The van der Waals surface area contributed by atoms with E-state index in [0.29, 0.717) is 11.5 Å². The topological polar surface area (TPSA) is 68.3 Å². The largest absolute Gasteiger partial charge is 0.384 e. The summed E-state index contributed by atoms with van der Waals surface area (Å²) in [5, 5.41) is 7.12. The molecule has 0 bridgehead atoms. The van der Waals surface area contributed by atoms with Crippen molar-refractivity contribution in [3.8, 4) is 0 Å². The third kappa shape index (κ3) is 3.65. The predicted molar refractivity (Wildman–Crippen MR) is 125 cm³/mol. The number of H-pyrrole nitrogens is 1. The van der Waals surface area contributed by atoms with Crippen molar-refractivity contribution in [2.45, 2.75) is 44.1 Å². The number of nitrogens with zero attached hydrogens (tertiary/aromatic N) is 3. The lowest BCUT2D eigenvalue weighted by Gasteiger charge is -2.42. The Kier molecular flexibility index (Phi) is 5.34. The number of hydrogen-bond acceptors (Lipinski definition) is 5. The van der Waals surface area contributed by atoms with Crippen LogP contribution in [0.25, 0.3) is 5.57 Å². The van der Waals surface area contributed by atoms with Crippen molar-refractivity contribution in [2.75, 3.05) is 43.4 Å². The minimum atomic E-state index is 0.340. The first kappa shape index (κ1) is 19.4. The molecule has 4 heterocycles. The highest BCUT2D eigenvalue weighted by Gasteiger charge is 2.41. The molecule has 1 unspecified atom stereocenters. The van der Waals surface area contributed by atoms with Gasteiger partial charge in [0.1, 0.15) is 0 Å². The molecule has 1 aromatic heterocycles. The van der Waals surface area contributed by atoms with Gasteiger partial charge in [-0.25, -0.2) is 4.98 Å². The number of nitrogens with one attached hydrogen (secondary N) is 3. The van der Waals surface area contributed by atoms with Crippen LogP contribution in [-0.4, -0.2) is 59.8 Å². The maximum Gasteiger partial charge on any atom is 0.200 e. The number of rotatable bonds is 7. The normalized spacial score (nSPS) is 20.8. The molecule has 6 nitrogen and oxygen atoms in total. The van der Waals surface area contributed by atoms with Gasteiger partial charge in [0.25, 0.3) is 0 Å². The van der Waals surface area contributed by atoms with Gasteiger partial charge in [-0.05, 0) is 50.4 Å². The van der Waals surface area contributed by atoms with Crippen LogP contribution in [0, 0.1) is 0 Å². The van der Waals surface area contributed by atoms with E-state index in [1.54, 1.807) is 0 Å². The van der Waals surface area contributed by atoms with Gasteiger partial charge >= 0.3 is 0 Å². The van der Waals surface area contributed by atoms with Crippen LogP contribution in [0.2, 0.25) is 0 Å². The van der Waals surface area contributed by atoms with Gasteiger partial charge in [0.15, 0.2) is 0 Å². The number of imidazole rings is 1. The Morgan fingerprint density at radius 2 is 2.10 bits per heavy atom. The molecule has 158 valence electrons. The molecule has 1 spiro atoms. The zero-order chi connectivity index (χ0) is 20.4. The molecule has 1 aromatic carbocycles. The second-order valence-electron chi connectivity index (χ2n) is 8.79. The summed E-state index contributed by atoms with van der Waals surface area (Å²) in [7, 11) is 0. The Hall–Kier alpha value is -2.60. The summed E-state index contributed by atoms with van der Waals surface area (Å²) in [5.74, 6) is 0.854. The van der Waals surface area contributed by atoms with Crippen LogP contribution in [0.4, 0.5) is 11.6 Å². The van der Waals surface area contributed by atoms with Gasteiger partial charge in [-0.1, -0.05) is 31.2 Å². The average molecular weight is 405 g/mol. The van der Waals surface area contributed by atoms with E-state index in [4.69, 9.17) is 0 Å². The van der Waals surface area contributed by atoms with Crippen molar-refractivity contribution in [1.82, 2.24) is 14.9 Å². The van der Waals surface area contributed by atoms with Crippen molar-refractivity contribution in [3.63, 3.8) is 0 Å². The fourth-order valence-corrected chi connectivity index (χ4v) is 5.32. The zero-order valence-corrected chi connectivity index (χ0v) is 17.8. The molecule has 0 aliphatic carbocycles. The van der Waals surface area contributed by atoms with E-state index >= 15 is 0 Å². The number of hydrogen-bond donors (Lipinski definition) is 3. The van der Waals surface area contributed by atoms with Crippen LogP contribution < -0.4 is 10.6 Å². The Labute approximate surface area is 178 Å². The van der Waals surface area contributed by atoms with E-state index in [2.05, 4.69) is 67.8 Å². The third-order valence-corrected chi connectivity index (χ3v) is 7.16. The Balaban J connectivity index is 1.13. The molecule has 3 aliphatic heterocycles. The van der Waals surface area contributed by atoms with Gasteiger partial charge in [-0.2, -0.15) is 0 Å². The fourth-order valence-electron chi connectivity index (χ4n) is 5.32. The molecule has 6 heteroatoms. The molecular formula is C24H32N6. The molecule has 3 aliphatic rings. The molecule has 2 aromatic rings. The first-order valence-corrected chi connectivity index (χ1v) is 11.3. The molecule has 30 heavy (non-hydrogen) atoms. The van der Waals surface area contributed by atoms with E-state index in [0.717, 1.165) is 43.3 Å². The van der Waals surface area contributed by atoms with Gasteiger partial charge in [0.2, 0.25) is 5.95 Å². The van der Waals surface area contributed by atoms with Crippen molar-refractivity contribution in [2.24, 2.45) is 4.99 Å². The monoisotopic (exact) mass is 404 g/mol. The molecule has 0 radical (unpaired) electrons. The van der Waals surface area contributed by atoms with Gasteiger partial charge in [0, 0.05) is 42.0 Å². The van der Waals surface area contributed by atoms with Gasteiger partial charge in [-0.3, -0.25) is 4.99 Å². The molecule has 0 saturated carbocycles. The standard InChI is InChI=1S/C24H32N6/c1-2-19(8-12-26-23-27-16-22(29-23)18-7-11-25-15-18)30-13-9-24(10-14-30)17-28-21-6-4-3-5-20(21)24/h3-7,15-16,19,28H,2,8-14,17H2,1H3,(H2,26,27,29). The summed E-state index contributed by atoms with van der Waals surface area (Å²) in [6.07, 6.45) is 10.7. The molecular weight excluding hydrogens is 372 g/mol. The Bertz CT molecular complexity index is 935. The number of aromatic nitrogens is 2. The van der Waals surface area contributed by atoms with Crippen LogP contribution in [-0.2, 0) is 5.41 Å². The lowest BCUT2D eigenvalue weighted by Crippen LogP contribution is -2.48. The average Bonchev–Trinajstić information content (AvgIpc) is 3.54. The van der Waals surface area contributed by atoms with Gasteiger partial charge < -0.3 is 20.5 Å². The minimum absolute atomic E-state index is 0.340. The number of allylic oxidation sites excluding steroid dienone is 1. The SMILES string of the molecule is CCC(CCNc1ncc(C2=CCN=C2)[nH]1)N1CCC2(CC1)CNc1ccccc12. The number of aromatic amines is 1. The van der Waals surface area contributed by atoms with Crippen LogP contribution >= 0.6 is 0 Å². The van der Waals surface area contributed by atoms with Crippen molar-refractivity contribution >= 4 is 23.4 Å². The quantitative estimate of drug-likeness (QED) is 0.654. The lowest BCUT2D eigenvalue weighted by molar-refractivity contribution is 0.115. The Morgan fingerprint density at radius 1 is 1.23 bits per heavy atom. The Morgan fingerprint density at radius 3 is 2.90 bits per heavy atom. The summed E-state index contributed by atoms with van der Waals surface area (Å²) in [5.41, 5.74) is 5.40. The predicted octanol–water partition coefficient (Wildman–Crippen LogP) is 3.92. The summed E-state index contributed by atoms with van der Waals surface area (Å²) in [6.45, 7) is 7.50. The molecule has 1 saturated heterocycles. The number of fused-ring (bicyclic) bond motifs is 2. The highest BCUT2D eigenvalue weighted by Crippen LogP contribution is 2.44. The van der Waals surface area contributed by atoms with Crippen LogP contribution in [0.1, 0.15) is 43.9 Å². The van der Waals surface area contributed by atoms with Gasteiger partial charge in [-0.15, -0.1) is 0 Å². The maximum atomic E-state index is 4.48. The third-order valence-electron chi connectivity index (χ3n) is 7.16. The van der Waals surface area contributed by atoms with Crippen molar-refractivity contribution in [1.29, 1.82) is 0 Å². The molecule has 5 rings (SSSR count). The first-order valence-electron chi connectivity index (χ1n) is 11.3. The lowest BCUT2D eigenvalue weighted by atomic mass is 9.74. The van der Waals surface area contributed by atoms with E-state index < -0.39 is 0 Å². The zero-order valence-electron chi connectivity index (χ0n) is 17.8. The highest BCUT2D eigenvalue weighted by molar-refractivity contribution is 6.10. The van der Waals surface area contributed by atoms with E-state index in [-0.39, 0.29) is 0 Å². The van der Waals surface area contributed by atoms with Crippen LogP contribution in [0.5, 0.6) is 0 Å². The minimum Gasteiger partial charge on any atom is -0.384 e. The van der Waals surface area contributed by atoms with Crippen molar-refractivity contribution < 1.29 is 0 Å². The summed E-state index contributed by atoms with van der Waals surface area (Å²) < 4.78 is 0. The number of anilines is 2. The summed E-state index contributed by atoms with van der Waals surface area (Å²) >= 11 is 0. The fraction of sp³-hybridized carbons (Fsp3) is 0.500. The highest BCUT2D eigenvalue weighted by atomic mass is 15.2. The number of para-hydroxylation sites is 1. The van der Waals surface area contributed by atoms with E-state index in [1.165, 1.54) is 43.6 Å². The summed E-state index contributed by atoms with van der Waals surface area (Å²) in [6, 6.07) is 9.51. The van der Waals surface area contributed by atoms with Crippen LogP contribution in [0.15, 0.2) is 41.5 Å². The second kappa shape index (κ2) is 8.26. The van der Waals surface area contributed by atoms with E-state index in [1.807, 2.05) is 12.4 Å². The number of benzene rings is 1. The maximum absolute atomic E-state index is 4.48. The second-order valence-corrected chi connectivity index (χ2v) is 8.79. The summed E-state index contributed by atoms with van der Waals surface area (Å²) in [4.78, 5) is 14.8. The smallest absolute Gasteiger partial charge is 0.200 e. The number of piperidine rings is 1. The molecule has 3 N–H and O–H groups in total. The molecule has 1 fully saturated rings. The first-order chi connectivity index (χ1) is 14.8. The van der Waals surface area contributed by atoms with Gasteiger partial charge in [0.05, 0.1) is 18.4 Å². The molecule has 1 atom stereocenters. The van der Waals surface area contributed by atoms with Crippen molar-refractivity contribution in [3.05, 3.63) is 47.8 Å². The van der Waals surface area contributed by atoms with E-state index in [9.17, 15) is 0 Å². The van der Waals surface area contributed by atoms with Crippen LogP contribution in [0.3, 0.4) is 0 Å². The number of likely N-dealkylation sites (tertiary alicyclic amines) is 1. The number of aliphatic imine (C=N–C) groups is 1.